The van der Waals surface area contributed by atoms with Crippen LogP contribution in [-0.2, 0) is 14.4 Å². The summed E-state index contributed by atoms with van der Waals surface area (Å²) in [5.41, 5.74) is 12.8. The van der Waals surface area contributed by atoms with Crippen molar-refractivity contribution in [3.63, 3.8) is 0 Å². The Bertz CT molecular complexity index is 2780. The number of aliphatic hydroxyl groups excluding tert-OH is 2. The van der Waals surface area contributed by atoms with Gasteiger partial charge in [0.25, 0.3) is 0 Å². The molecule has 23 atom stereocenters. The quantitative estimate of drug-likeness (QED) is 0.236. The number of allylic oxidation sites excluding steroid dienone is 12. The van der Waals surface area contributed by atoms with Crippen molar-refractivity contribution in [3.8, 4) is 0 Å². The minimum Gasteiger partial charge on any atom is -0.393 e. The highest BCUT2D eigenvalue weighted by Crippen LogP contribution is 2.69. The normalized spacial score (nSPS) is 49.6. The van der Waals surface area contributed by atoms with Crippen molar-refractivity contribution < 1.29 is 24.6 Å². The maximum atomic E-state index is 12.3. The van der Waals surface area contributed by atoms with Gasteiger partial charge in [-0.3, -0.25) is 14.4 Å². The number of hydrogen-bond donors (Lipinski definition) is 2. The van der Waals surface area contributed by atoms with E-state index in [1.165, 1.54) is 116 Å². The van der Waals surface area contributed by atoms with Crippen LogP contribution < -0.4 is 0 Å². The standard InChI is InChI=1S/C22H34.C21H32O.C19H28O2.C19H26O2.4CH4/c1-5-16-7-9-19-18-8-6-17-14-15(2)10-12-22(17,4)20(18)11-13-21(16,19)3;1-4-14-6-8-18-17-7-5-15-13-16(22)9-11-21(15,3)19(17)10-12-20(14,18)2;2*1-18-9-7-13(20)11-12(18)3-4-14-15-5-6-17(21)19(15,2)10-8-16(14)18;;;;/h5,11,15,17-19H,6-10,12-14H2,1-4H3;4,10,15-18,22H,5-9,11-13H2,1-3H3;8,12-15,20H,3-7,9-11H2,1-2H3;8,12,14-15H,3-7,9-11H2,1-2H3;4*1H4/b16-5-;14-4-;;;;;;/t15-,17-,18?,19?,21-,22+;15-,16-,17?,18?,20-,21+;12-,13-,14?,15?,18+,19+;12-,14?,15?,18+,19+;;;;/m1111..../s1. The van der Waals surface area contributed by atoms with Gasteiger partial charge in [0.05, 0.1) is 12.2 Å². The highest BCUT2D eigenvalue weighted by Gasteiger charge is 2.61. The van der Waals surface area contributed by atoms with Crippen LogP contribution in [0.5, 0.6) is 0 Å². The Balaban J connectivity index is 0.000000140. The Labute approximate surface area is 552 Å². The van der Waals surface area contributed by atoms with E-state index in [1.807, 2.05) is 5.57 Å². The van der Waals surface area contributed by atoms with E-state index in [-0.39, 0.29) is 58.2 Å². The minimum absolute atomic E-state index is 0. The number of rotatable bonds is 0. The third kappa shape index (κ3) is 11.2. The largest absolute Gasteiger partial charge is 0.393 e. The summed E-state index contributed by atoms with van der Waals surface area (Å²) in [4.78, 5) is 36.5. The lowest BCUT2D eigenvalue weighted by Gasteiger charge is -2.56. The zero-order chi connectivity index (χ0) is 60.7. The summed E-state index contributed by atoms with van der Waals surface area (Å²) in [6.07, 6.45) is 52.7. The van der Waals surface area contributed by atoms with E-state index in [1.54, 1.807) is 27.9 Å². The Morgan fingerprint density at radius 3 is 1.08 bits per heavy atom. The van der Waals surface area contributed by atoms with Crippen molar-refractivity contribution in [2.24, 2.45) is 120 Å². The van der Waals surface area contributed by atoms with Crippen LogP contribution in [0.2, 0.25) is 0 Å². The molecule has 5 nitrogen and oxygen atoms in total. The van der Waals surface area contributed by atoms with Crippen molar-refractivity contribution in [1.29, 1.82) is 0 Å². The summed E-state index contributed by atoms with van der Waals surface area (Å²) < 4.78 is 0. The van der Waals surface area contributed by atoms with Gasteiger partial charge in [0.15, 0.2) is 0 Å². The molecule has 0 aromatic heterocycles. The van der Waals surface area contributed by atoms with E-state index in [4.69, 9.17) is 0 Å². The van der Waals surface area contributed by atoms with E-state index in [9.17, 15) is 24.6 Å². The van der Waals surface area contributed by atoms with Crippen molar-refractivity contribution in [2.45, 2.75) is 324 Å². The smallest absolute Gasteiger partial charge is 0.139 e. The van der Waals surface area contributed by atoms with Gasteiger partial charge in [-0.05, 0) is 303 Å². The van der Waals surface area contributed by atoms with Crippen LogP contribution in [0.1, 0.15) is 311 Å². The van der Waals surface area contributed by atoms with Crippen LogP contribution in [-0.4, -0.2) is 39.8 Å². The predicted octanol–water partition coefficient (Wildman–Crippen LogP) is 22.3. The van der Waals surface area contributed by atoms with Crippen molar-refractivity contribution in [1.82, 2.24) is 0 Å². The molecular formula is C85H136O5. The Morgan fingerprint density at radius 1 is 0.367 bits per heavy atom. The summed E-state index contributed by atoms with van der Waals surface area (Å²) in [5.74, 6) is 11.3. The van der Waals surface area contributed by atoms with E-state index in [0.717, 1.165) is 131 Å². The van der Waals surface area contributed by atoms with E-state index < -0.39 is 0 Å². The van der Waals surface area contributed by atoms with Gasteiger partial charge in [0, 0.05) is 36.5 Å². The Morgan fingerprint density at radius 2 is 0.689 bits per heavy atom. The fourth-order valence-corrected chi connectivity index (χ4v) is 26.3. The number of aliphatic hydroxyl groups is 2. The van der Waals surface area contributed by atoms with Crippen LogP contribution in [0.25, 0.3) is 0 Å². The topological polar surface area (TPSA) is 91.7 Å². The number of ketones is 3. The summed E-state index contributed by atoms with van der Waals surface area (Å²) >= 11 is 0. The summed E-state index contributed by atoms with van der Waals surface area (Å²) in [7, 11) is 0. The number of carbonyl (C=O) groups excluding carboxylic acids is 3. The molecule has 0 amide bonds. The SMILES string of the molecule is C.C.C.C.C/C=C1/CCC2C3CC[C@@H]4C[C@H](C)CC[C@]4(C)C3=CC[C@]12C.C/C=C1/CCC2C3CC[C@@H]4C[C@H](O)CC[C@]4(C)C3=CC[C@]12C.C[C@]12CC=C3C(CC[C@@H]4CC(=O)CC[C@]34C)C1CCC2=O.C[C@]12CC=C3C(CC[C@@H]4C[C@H](O)CC[C@]34C)C1CCC2=O. The first-order valence-electron chi connectivity index (χ1n) is 37.0. The molecule has 0 bridgehead atoms. The highest BCUT2D eigenvalue weighted by atomic mass is 16.3. The molecule has 0 aromatic rings. The number of fused-ring (bicyclic) bond motifs is 20. The highest BCUT2D eigenvalue weighted by molar-refractivity contribution is 5.88. The lowest BCUT2D eigenvalue weighted by molar-refractivity contribution is -0.128. The molecule has 16 aliphatic carbocycles. The average molecular weight is 1240 g/mol. The molecule has 0 heterocycles. The molecule has 16 aliphatic rings. The van der Waals surface area contributed by atoms with Crippen molar-refractivity contribution in [3.05, 3.63) is 69.9 Å². The molecule has 12 fully saturated rings. The molecule has 506 valence electrons. The van der Waals surface area contributed by atoms with Crippen molar-refractivity contribution in [2.75, 3.05) is 0 Å². The van der Waals surface area contributed by atoms with Gasteiger partial charge in [-0.25, -0.2) is 0 Å². The fourth-order valence-electron chi connectivity index (χ4n) is 26.3. The van der Waals surface area contributed by atoms with Crippen molar-refractivity contribution >= 4 is 17.3 Å². The van der Waals surface area contributed by atoms with Crippen LogP contribution in [0.3, 0.4) is 0 Å². The lowest BCUT2D eigenvalue weighted by atomic mass is 9.48. The van der Waals surface area contributed by atoms with E-state index >= 15 is 0 Å². The number of carbonyl (C=O) groups is 3. The third-order valence-electron chi connectivity index (χ3n) is 31.9. The minimum atomic E-state index is -0.0815. The van der Waals surface area contributed by atoms with Gasteiger partial charge >= 0.3 is 0 Å². The second kappa shape index (κ2) is 26.1. The first-order valence-corrected chi connectivity index (χ1v) is 37.0. The molecule has 12 saturated carbocycles. The number of hydrogen-bond acceptors (Lipinski definition) is 5. The molecule has 0 radical (unpaired) electrons. The van der Waals surface area contributed by atoms with Gasteiger partial charge in [0.1, 0.15) is 17.3 Å². The molecule has 5 heteroatoms. The summed E-state index contributed by atoms with van der Waals surface area (Å²) in [6, 6.07) is 0. The predicted molar refractivity (Wildman–Crippen MR) is 377 cm³/mol. The maximum Gasteiger partial charge on any atom is 0.139 e. The third-order valence-corrected chi connectivity index (χ3v) is 31.9. The van der Waals surface area contributed by atoms with Gasteiger partial charge in [-0.1, -0.05) is 162 Å². The zero-order valence-corrected chi connectivity index (χ0v) is 56.4. The summed E-state index contributed by atoms with van der Waals surface area (Å²) in [6.45, 7) is 26.5. The van der Waals surface area contributed by atoms with Gasteiger partial charge < -0.3 is 10.2 Å². The van der Waals surface area contributed by atoms with Crippen LogP contribution in [0, 0.1) is 120 Å². The molecule has 2 N–H and O–H groups in total. The van der Waals surface area contributed by atoms with E-state index in [0.29, 0.717) is 79.9 Å². The van der Waals surface area contributed by atoms with Crippen LogP contribution in [0.15, 0.2) is 69.9 Å². The molecule has 0 spiro atoms. The summed E-state index contributed by atoms with van der Waals surface area (Å²) in [5, 5.41) is 20.1. The second-order valence-electron chi connectivity index (χ2n) is 35.4. The monoisotopic (exact) mass is 1240 g/mol. The molecule has 16 rings (SSSR count). The second-order valence-corrected chi connectivity index (χ2v) is 35.4. The average Bonchev–Trinajstić information content (AvgIpc) is 1.34. The Hall–Kier alpha value is -2.63. The van der Waals surface area contributed by atoms with Crippen LogP contribution >= 0.6 is 0 Å². The first kappa shape index (κ1) is 71.7. The molecule has 0 saturated heterocycles. The fraction of sp³-hybridized carbons (Fsp3) is 0.824. The maximum absolute atomic E-state index is 12.3. The van der Waals surface area contributed by atoms with Gasteiger partial charge in [-0.2, -0.15) is 0 Å². The van der Waals surface area contributed by atoms with Gasteiger partial charge in [0.2, 0.25) is 0 Å². The first-order chi connectivity index (χ1) is 40.9. The molecule has 0 aliphatic heterocycles. The number of Topliss-reactive ketones (excluding diaryl/α,β-unsaturated/α-hetero) is 3. The lowest BCUT2D eigenvalue weighted by Crippen LogP contribution is -2.48. The van der Waals surface area contributed by atoms with Crippen LogP contribution in [0.4, 0.5) is 0 Å². The van der Waals surface area contributed by atoms with E-state index in [2.05, 4.69) is 113 Å². The van der Waals surface area contributed by atoms with Gasteiger partial charge in [-0.15, -0.1) is 0 Å². The molecule has 0 aromatic carbocycles. The zero-order valence-electron chi connectivity index (χ0n) is 56.4. The molecule has 8 unspecified atom stereocenters. The Kier molecular flexibility index (Phi) is 20.8. The molecule has 90 heavy (non-hydrogen) atoms. The molecular weight excluding hydrogens is 1100 g/mol.